The van der Waals surface area contributed by atoms with Gasteiger partial charge in [0.1, 0.15) is 5.82 Å². The van der Waals surface area contributed by atoms with Crippen molar-refractivity contribution < 1.29 is 17.6 Å². The molecule has 2 aromatic carbocycles. The molecule has 0 saturated heterocycles. The molecule has 142 valence electrons. The molecule has 27 heavy (non-hydrogen) atoms. The summed E-state index contributed by atoms with van der Waals surface area (Å²) in [6, 6.07) is 8.41. The summed E-state index contributed by atoms with van der Waals surface area (Å²) in [4.78, 5) is 13.8. The Morgan fingerprint density at radius 2 is 1.89 bits per heavy atom. The molecule has 0 aromatic heterocycles. The molecule has 0 saturated carbocycles. The van der Waals surface area contributed by atoms with Crippen molar-refractivity contribution in [3.63, 3.8) is 0 Å². The summed E-state index contributed by atoms with van der Waals surface area (Å²) in [5.74, 6) is -1.29. The number of Topliss-reactive ketones (excluding diaryl/α,β-unsaturated/α-hetero) is 1. The minimum Gasteiger partial charge on any atom is -0.382 e. The molecule has 0 N–H and O–H groups in total. The number of ketones is 1. The lowest BCUT2D eigenvalue weighted by molar-refractivity contribution is 0.104. The van der Waals surface area contributed by atoms with Gasteiger partial charge in [-0.25, -0.2) is 12.8 Å². The number of carbonyl (C=O) groups excluding carboxylic acids is 1. The third kappa shape index (κ3) is 3.54. The largest absolute Gasteiger partial charge is 0.382 e. The Kier molecular flexibility index (Phi) is 5.20. The van der Waals surface area contributed by atoms with Crippen molar-refractivity contribution in [1.82, 2.24) is 4.90 Å². The Morgan fingerprint density at radius 1 is 1.19 bits per heavy atom. The van der Waals surface area contributed by atoms with E-state index in [1.807, 2.05) is 0 Å². The van der Waals surface area contributed by atoms with Gasteiger partial charge in [-0.15, -0.1) is 0 Å². The first-order valence-corrected chi connectivity index (χ1v) is 10.0. The molecule has 1 aliphatic heterocycles. The van der Waals surface area contributed by atoms with Gasteiger partial charge in [0.05, 0.1) is 12.2 Å². The number of carbonyl (C=O) groups is 1. The number of halogens is 3. The highest BCUT2D eigenvalue weighted by molar-refractivity contribution is 7.97. The van der Waals surface area contributed by atoms with Crippen molar-refractivity contribution >= 4 is 44.7 Å². The van der Waals surface area contributed by atoms with Crippen LogP contribution in [0.25, 0.3) is 0 Å². The zero-order chi connectivity index (χ0) is 19.9. The second-order valence-corrected chi connectivity index (χ2v) is 8.83. The first kappa shape index (κ1) is 19.7. The maximum Gasteiger partial charge on any atom is 0.270 e. The number of hydrogen-bond donors (Lipinski definition) is 0. The minimum absolute atomic E-state index is 0.00668. The van der Waals surface area contributed by atoms with Gasteiger partial charge in [-0.2, -0.15) is 0 Å². The highest BCUT2D eigenvalue weighted by Crippen LogP contribution is 2.38. The van der Waals surface area contributed by atoms with Gasteiger partial charge in [0.15, 0.2) is 4.91 Å². The quantitative estimate of drug-likeness (QED) is 0.691. The first-order valence-electron chi connectivity index (χ1n) is 7.81. The monoisotopic (exact) mass is 428 g/mol. The second kappa shape index (κ2) is 7.14. The molecule has 0 atom stereocenters. The number of benzene rings is 2. The fourth-order valence-electron chi connectivity index (χ4n) is 2.76. The molecule has 0 amide bonds. The molecule has 9 heteroatoms. The fraction of sp³-hybridized carbons (Fsp3) is 0.167. The normalized spacial score (nSPS) is 17.1. The summed E-state index contributed by atoms with van der Waals surface area (Å²) in [5, 5.41) is 0.338. The summed E-state index contributed by atoms with van der Waals surface area (Å²) in [5.41, 5.74) is 0.254. The molecule has 0 spiro atoms. The maximum atomic E-state index is 14.3. The van der Waals surface area contributed by atoms with Gasteiger partial charge < -0.3 is 4.90 Å². The van der Waals surface area contributed by atoms with Crippen molar-refractivity contribution in [2.75, 3.05) is 18.4 Å². The van der Waals surface area contributed by atoms with Gasteiger partial charge in [0, 0.05) is 41.5 Å². The van der Waals surface area contributed by atoms with Crippen LogP contribution in [0.4, 0.5) is 10.1 Å². The van der Waals surface area contributed by atoms with Crippen molar-refractivity contribution in [2.45, 2.75) is 6.54 Å². The van der Waals surface area contributed by atoms with E-state index < -0.39 is 26.5 Å². The average Bonchev–Trinajstić information content (AvgIpc) is 2.57. The zero-order valence-corrected chi connectivity index (χ0v) is 16.7. The van der Waals surface area contributed by atoms with E-state index in [9.17, 15) is 17.6 Å². The zero-order valence-electron chi connectivity index (χ0n) is 14.4. The first-order chi connectivity index (χ1) is 12.6. The predicted molar refractivity (Wildman–Crippen MR) is 104 cm³/mol. The molecule has 0 aliphatic carbocycles. The Hall–Kier alpha value is -2.09. The van der Waals surface area contributed by atoms with Gasteiger partial charge in [0.25, 0.3) is 10.0 Å². The van der Waals surface area contributed by atoms with E-state index >= 15 is 0 Å². The molecular formula is C18H15Cl2FN2O3S. The summed E-state index contributed by atoms with van der Waals surface area (Å²) >= 11 is 12.1. The van der Waals surface area contributed by atoms with Crippen LogP contribution < -0.4 is 4.31 Å². The van der Waals surface area contributed by atoms with Crippen molar-refractivity contribution in [2.24, 2.45) is 0 Å². The molecule has 3 rings (SSSR count). The number of hydrogen-bond acceptors (Lipinski definition) is 4. The second-order valence-electron chi connectivity index (χ2n) is 6.16. The Balaban J connectivity index is 2.26. The lowest BCUT2D eigenvalue weighted by atomic mass is 10.1. The molecule has 1 heterocycles. The van der Waals surface area contributed by atoms with E-state index in [1.54, 1.807) is 14.1 Å². The average molecular weight is 429 g/mol. The molecule has 2 aromatic rings. The molecule has 0 radical (unpaired) electrons. The van der Waals surface area contributed by atoms with E-state index in [-0.39, 0.29) is 33.4 Å². The maximum absolute atomic E-state index is 14.3. The van der Waals surface area contributed by atoms with Gasteiger partial charge in [-0.05, 0) is 30.3 Å². The van der Waals surface area contributed by atoms with E-state index in [4.69, 9.17) is 23.2 Å². The summed E-state index contributed by atoms with van der Waals surface area (Å²) in [6.07, 6.45) is 1.23. The molecule has 0 fully saturated rings. The number of anilines is 1. The SMILES string of the molecule is CN(C)/C=C1/C(=O)c2ccc(Cl)cc2N(Cc2c(F)cccc2Cl)S1(=O)=O. The van der Waals surface area contributed by atoms with E-state index in [0.29, 0.717) is 0 Å². The minimum atomic E-state index is -4.25. The van der Waals surface area contributed by atoms with Crippen molar-refractivity contribution in [1.29, 1.82) is 0 Å². The van der Waals surface area contributed by atoms with Crippen LogP contribution in [0, 0.1) is 5.82 Å². The van der Waals surface area contributed by atoms with Crippen molar-refractivity contribution in [3.8, 4) is 0 Å². The lowest BCUT2D eigenvalue weighted by Crippen LogP contribution is -2.39. The third-order valence-electron chi connectivity index (χ3n) is 4.00. The van der Waals surface area contributed by atoms with Crippen LogP contribution in [-0.2, 0) is 16.6 Å². The summed E-state index contributed by atoms with van der Waals surface area (Å²) in [6.45, 7) is -0.376. The lowest BCUT2D eigenvalue weighted by Gasteiger charge is -2.32. The van der Waals surface area contributed by atoms with Gasteiger partial charge >= 0.3 is 0 Å². The highest BCUT2D eigenvalue weighted by atomic mass is 35.5. The smallest absolute Gasteiger partial charge is 0.270 e. The van der Waals surface area contributed by atoms with Crippen LogP contribution >= 0.6 is 23.2 Å². The molecule has 0 bridgehead atoms. The van der Waals surface area contributed by atoms with Crippen LogP contribution in [0.15, 0.2) is 47.5 Å². The molecule has 1 aliphatic rings. The summed E-state index contributed by atoms with van der Waals surface area (Å²) in [7, 11) is -1.05. The topological polar surface area (TPSA) is 57.7 Å². The van der Waals surface area contributed by atoms with Gasteiger partial charge in [-0.1, -0.05) is 29.3 Å². The van der Waals surface area contributed by atoms with Crippen molar-refractivity contribution in [3.05, 3.63) is 74.5 Å². The van der Waals surface area contributed by atoms with Crippen LogP contribution in [-0.4, -0.2) is 33.2 Å². The fourth-order valence-corrected chi connectivity index (χ4v) is 4.78. The van der Waals surface area contributed by atoms with E-state index in [2.05, 4.69) is 0 Å². The Bertz CT molecular complexity index is 1050. The molecular weight excluding hydrogens is 414 g/mol. The van der Waals surface area contributed by atoms with Crippen LogP contribution in [0.1, 0.15) is 15.9 Å². The number of fused-ring (bicyclic) bond motifs is 1. The predicted octanol–water partition coefficient (Wildman–Crippen LogP) is 4.07. The van der Waals surface area contributed by atoms with Crippen LogP contribution in [0.5, 0.6) is 0 Å². The van der Waals surface area contributed by atoms with E-state index in [0.717, 1.165) is 4.31 Å². The van der Waals surface area contributed by atoms with Crippen LogP contribution in [0.3, 0.4) is 0 Å². The van der Waals surface area contributed by atoms with Crippen LogP contribution in [0.2, 0.25) is 10.0 Å². The standard InChI is InChI=1S/C18H15Cl2FN2O3S/c1-22(2)10-17-18(24)12-7-6-11(19)8-16(12)23(27(17,25)26)9-13-14(20)4-3-5-15(13)21/h3-8,10H,9H2,1-2H3/b17-10-. The molecule has 0 unspecified atom stereocenters. The Morgan fingerprint density at radius 3 is 2.52 bits per heavy atom. The van der Waals surface area contributed by atoms with E-state index in [1.165, 1.54) is 47.5 Å². The Labute approximate surface area is 166 Å². The third-order valence-corrected chi connectivity index (χ3v) is 6.35. The highest BCUT2D eigenvalue weighted by Gasteiger charge is 2.41. The van der Waals surface area contributed by atoms with Gasteiger partial charge in [-0.3, -0.25) is 9.10 Å². The number of nitrogens with zero attached hydrogens (tertiary/aromatic N) is 2. The number of allylic oxidation sites excluding steroid dienone is 1. The molecule has 5 nitrogen and oxygen atoms in total. The summed E-state index contributed by atoms with van der Waals surface area (Å²) < 4.78 is 41.6. The van der Waals surface area contributed by atoms with Gasteiger partial charge in [0.2, 0.25) is 5.78 Å². The number of sulfonamides is 1. The number of rotatable bonds is 3.